The van der Waals surface area contributed by atoms with E-state index < -0.39 is 0 Å². The second-order valence-corrected chi connectivity index (χ2v) is 7.31. The van der Waals surface area contributed by atoms with Crippen LogP contribution in [-0.2, 0) is 4.74 Å². The average Bonchev–Trinajstić information content (AvgIpc) is 2.91. The van der Waals surface area contributed by atoms with Crippen molar-refractivity contribution in [2.75, 3.05) is 6.61 Å². The van der Waals surface area contributed by atoms with Gasteiger partial charge in [0, 0.05) is 11.6 Å². The van der Waals surface area contributed by atoms with E-state index in [1.54, 1.807) is 6.20 Å². The minimum Gasteiger partial charge on any atom is -0.373 e. The molecule has 2 aromatic rings. The molecule has 0 saturated carbocycles. The maximum absolute atomic E-state index is 12.5. The first-order chi connectivity index (χ1) is 9.87. The van der Waals surface area contributed by atoms with Gasteiger partial charge < -0.3 is 10.1 Å². The zero-order chi connectivity index (χ0) is 15.2. The molecule has 1 aliphatic heterocycles. The number of fused-ring (bicyclic) bond motifs is 1. The zero-order valence-corrected chi connectivity index (χ0v) is 13.6. The number of aromatic nitrogens is 1. The van der Waals surface area contributed by atoms with Crippen molar-refractivity contribution >= 4 is 27.5 Å². The van der Waals surface area contributed by atoms with Crippen LogP contribution in [0, 0.1) is 13.8 Å². The van der Waals surface area contributed by atoms with Gasteiger partial charge >= 0.3 is 0 Å². The monoisotopic (exact) mass is 304 g/mol. The molecule has 0 spiro atoms. The Bertz CT molecular complexity index is 706. The Hall–Kier alpha value is -1.46. The Kier molecular flexibility index (Phi) is 3.50. The molecule has 1 aliphatic rings. The molecule has 1 fully saturated rings. The lowest BCUT2D eigenvalue weighted by Gasteiger charge is -2.16. The largest absolute Gasteiger partial charge is 0.373 e. The van der Waals surface area contributed by atoms with Gasteiger partial charge in [-0.25, -0.2) is 4.98 Å². The first kappa shape index (κ1) is 14.5. The van der Waals surface area contributed by atoms with Crippen molar-refractivity contribution in [3.8, 4) is 0 Å². The Balaban J connectivity index is 1.86. The van der Waals surface area contributed by atoms with Crippen molar-refractivity contribution in [3.63, 3.8) is 0 Å². The van der Waals surface area contributed by atoms with Crippen LogP contribution in [0.25, 0.3) is 10.2 Å². The molecular weight excluding hydrogens is 284 g/mol. The second-order valence-electron chi connectivity index (χ2n) is 6.31. The number of carbonyl (C=O) groups is 1. The summed E-state index contributed by atoms with van der Waals surface area (Å²) in [4.78, 5) is 18.6. The van der Waals surface area contributed by atoms with E-state index >= 15 is 0 Å². The molecule has 0 aromatic carbocycles. The highest BCUT2D eigenvalue weighted by atomic mass is 32.1. The topological polar surface area (TPSA) is 51.2 Å². The fourth-order valence-corrected chi connectivity index (χ4v) is 4.08. The molecule has 0 radical (unpaired) electrons. The van der Waals surface area contributed by atoms with Crippen molar-refractivity contribution < 1.29 is 9.53 Å². The van der Waals surface area contributed by atoms with E-state index in [2.05, 4.69) is 31.1 Å². The lowest BCUT2D eigenvalue weighted by atomic mass is 10.0. The van der Waals surface area contributed by atoms with E-state index in [0.717, 1.165) is 32.6 Å². The number of nitrogens with zero attached hydrogens (tertiary/aromatic N) is 1. The van der Waals surface area contributed by atoms with Crippen LogP contribution in [0.15, 0.2) is 12.3 Å². The third-order valence-corrected chi connectivity index (χ3v) is 5.19. The van der Waals surface area contributed by atoms with Crippen molar-refractivity contribution in [2.24, 2.45) is 0 Å². The molecular formula is C16H20N2O2S. The molecule has 3 rings (SSSR count). The van der Waals surface area contributed by atoms with E-state index in [0.29, 0.717) is 6.61 Å². The molecule has 1 unspecified atom stereocenters. The van der Waals surface area contributed by atoms with Crippen LogP contribution in [0.2, 0.25) is 0 Å². The number of carbonyl (C=O) groups excluding carboxylic acids is 1. The number of rotatable bonds is 2. The third-order valence-electron chi connectivity index (χ3n) is 3.99. The summed E-state index contributed by atoms with van der Waals surface area (Å²) < 4.78 is 5.67. The number of hydrogen-bond donors (Lipinski definition) is 1. The van der Waals surface area contributed by atoms with Gasteiger partial charge in [-0.15, -0.1) is 11.3 Å². The van der Waals surface area contributed by atoms with Gasteiger partial charge in [-0.2, -0.15) is 0 Å². The molecule has 1 N–H and O–H groups in total. The summed E-state index contributed by atoms with van der Waals surface area (Å²) in [6, 6.07) is 2.07. The molecule has 1 amide bonds. The number of ether oxygens (including phenoxy) is 1. The first-order valence-electron chi connectivity index (χ1n) is 7.17. The van der Waals surface area contributed by atoms with Gasteiger partial charge in [0.15, 0.2) is 0 Å². The Morgan fingerprint density at radius 1 is 1.48 bits per heavy atom. The summed E-state index contributed by atoms with van der Waals surface area (Å²) in [7, 11) is 0. The van der Waals surface area contributed by atoms with Crippen LogP contribution in [0.3, 0.4) is 0 Å². The molecule has 0 aliphatic carbocycles. The molecule has 0 bridgehead atoms. The average molecular weight is 304 g/mol. The van der Waals surface area contributed by atoms with Crippen LogP contribution in [0.4, 0.5) is 0 Å². The quantitative estimate of drug-likeness (QED) is 0.927. The Morgan fingerprint density at radius 2 is 2.24 bits per heavy atom. The van der Waals surface area contributed by atoms with Crippen molar-refractivity contribution in [1.82, 2.24) is 10.3 Å². The Morgan fingerprint density at radius 3 is 2.86 bits per heavy atom. The summed E-state index contributed by atoms with van der Waals surface area (Å²) in [6.07, 6.45) is 2.64. The fraction of sp³-hybridized carbons (Fsp3) is 0.500. The second kappa shape index (κ2) is 5.07. The first-order valence-corrected chi connectivity index (χ1v) is 7.98. The van der Waals surface area contributed by atoms with Crippen molar-refractivity contribution in [1.29, 1.82) is 0 Å². The van der Waals surface area contributed by atoms with Crippen LogP contribution in [-0.4, -0.2) is 29.1 Å². The van der Waals surface area contributed by atoms with Gasteiger partial charge in [0.25, 0.3) is 5.91 Å². The summed E-state index contributed by atoms with van der Waals surface area (Å²) >= 11 is 1.47. The number of hydrogen-bond acceptors (Lipinski definition) is 4. The molecule has 112 valence electrons. The smallest absolute Gasteiger partial charge is 0.262 e. The van der Waals surface area contributed by atoms with Crippen LogP contribution in [0.5, 0.6) is 0 Å². The normalized spacial score (nSPS) is 20.9. The highest BCUT2D eigenvalue weighted by Gasteiger charge is 2.33. The predicted molar refractivity (Wildman–Crippen MR) is 85.0 cm³/mol. The summed E-state index contributed by atoms with van der Waals surface area (Å²) in [6.45, 7) is 8.74. The standard InChI is InChI=1S/C16H20N2O2S/c1-9-5-6-17-15-12(9)10(2)13(21-15)14(19)18-11-7-16(3,4)20-8-11/h5-6,11H,7-8H2,1-4H3,(H,18,19). The molecule has 4 nitrogen and oxygen atoms in total. The molecule has 2 aromatic heterocycles. The van der Waals surface area contributed by atoms with Gasteiger partial charge in [-0.1, -0.05) is 0 Å². The third kappa shape index (κ3) is 2.68. The number of thiophene rings is 1. The predicted octanol–water partition coefficient (Wildman–Crippen LogP) is 3.21. The van der Waals surface area contributed by atoms with Crippen LogP contribution in [0.1, 0.15) is 41.1 Å². The van der Waals surface area contributed by atoms with E-state index in [4.69, 9.17) is 4.74 Å². The van der Waals surface area contributed by atoms with Gasteiger partial charge in [-0.05, 0) is 51.3 Å². The number of nitrogens with one attached hydrogen (secondary N) is 1. The molecule has 3 heterocycles. The molecule has 5 heteroatoms. The Labute approximate surface area is 128 Å². The van der Waals surface area contributed by atoms with E-state index in [1.165, 1.54) is 11.3 Å². The van der Waals surface area contributed by atoms with E-state index in [9.17, 15) is 4.79 Å². The maximum Gasteiger partial charge on any atom is 0.262 e. The van der Waals surface area contributed by atoms with Gasteiger partial charge in [0.1, 0.15) is 4.83 Å². The SMILES string of the molecule is Cc1ccnc2sc(C(=O)NC3COC(C)(C)C3)c(C)c12. The van der Waals surface area contributed by atoms with E-state index in [-0.39, 0.29) is 17.6 Å². The van der Waals surface area contributed by atoms with Crippen LogP contribution < -0.4 is 5.32 Å². The van der Waals surface area contributed by atoms with Crippen LogP contribution >= 0.6 is 11.3 Å². The van der Waals surface area contributed by atoms with Crippen molar-refractivity contribution in [3.05, 3.63) is 28.3 Å². The van der Waals surface area contributed by atoms with Gasteiger partial charge in [0.05, 0.1) is 23.1 Å². The van der Waals surface area contributed by atoms with Crippen molar-refractivity contribution in [2.45, 2.75) is 45.8 Å². The molecule has 21 heavy (non-hydrogen) atoms. The molecule has 1 atom stereocenters. The van der Waals surface area contributed by atoms with E-state index in [1.807, 2.05) is 13.0 Å². The minimum absolute atomic E-state index is 0.0128. The maximum atomic E-state index is 12.5. The van der Waals surface area contributed by atoms with Gasteiger partial charge in [-0.3, -0.25) is 4.79 Å². The summed E-state index contributed by atoms with van der Waals surface area (Å²) in [5, 5.41) is 4.20. The lowest BCUT2D eigenvalue weighted by molar-refractivity contribution is 0.0355. The fourth-order valence-electron chi connectivity index (χ4n) is 2.95. The van der Waals surface area contributed by atoms with Gasteiger partial charge in [0.2, 0.25) is 0 Å². The number of amides is 1. The summed E-state index contributed by atoms with van der Waals surface area (Å²) in [5.41, 5.74) is 2.04. The zero-order valence-electron chi connectivity index (χ0n) is 12.8. The molecule has 1 saturated heterocycles. The highest BCUT2D eigenvalue weighted by Crippen LogP contribution is 2.32. The number of pyridine rings is 1. The number of aryl methyl sites for hydroxylation is 2. The lowest BCUT2D eigenvalue weighted by Crippen LogP contribution is -2.35. The minimum atomic E-state index is -0.148. The highest BCUT2D eigenvalue weighted by molar-refractivity contribution is 7.20. The summed E-state index contributed by atoms with van der Waals surface area (Å²) in [5.74, 6) is -0.0128.